The van der Waals surface area contributed by atoms with E-state index in [1.165, 1.54) is 18.4 Å². The van der Waals surface area contributed by atoms with E-state index < -0.39 is 17.2 Å². The average Bonchev–Trinajstić information content (AvgIpc) is 3.19. The van der Waals surface area contributed by atoms with Crippen molar-refractivity contribution in [1.82, 2.24) is 20.8 Å². The highest BCUT2D eigenvalue weighted by molar-refractivity contribution is 8.00. The SMILES string of the molecule is CNC(=O)NC(=O)[C@@H](C)Sc1nnc(-c2sc3ccccc3c2Cl)o1. The van der Waals surface area contributed by atoms with Crippen molar-refractivity contribution in [3.05, 3.63) is 29.3 Å². The van der Waals surface area contributed by atoms with E-state index >= 15 is 0 Å². The number of hydrogen-bond donors (Lipinski definition) is 2. The van der Waals surface area contributed by atoms with Crippen LogP contribution in [0.1, 0.15) is 6.92 Å². The molecule has 0 aliphatic heterocycles. The number of carbonyl (C=O) groups is 2. The van der Waals surface area contributed by atoms with Gasteiger partial charge in [-0.1, -0.05) is 41.6 Å². The van der Waals surface area contributed by atoms with E-state index in [2.05, 4.69) is 20.8 Å². The molecule has 10 heteroatoms. The van der Waals surface area contributed by atoms with Crippen molar-refractivity contribution in [2.45, 2.75) is 17.4 Å². The monoisotopic (exact) mass is 396 g/mol. The molecule has 3 rings (SSSR count). The Labute approximate surface area is 156 Å². The third kappa shape index (κ3) is 3.78. The van der Waals surface area contributed by atoms with Crippen molar-refractivity contribution in [1.29, 1.82) is 0 Å². The number of imide groups is 1. The van der Waals surface area contributed by atoms with E-state index in [0.29, 0.717) is 15.8 Å². The zero-order valence-corrected chi connectivity index (χ0v) is 15.6. The fraction of sp³-hybridized carbons (Fsp3) is 0.200. The summed E-state index contributed by atoms with van der Waals surface area (Å²) in [6, 6.07) is 7.16. The highest BCUT2D eigenvalue weighted by Crippen LogP contribution is 2.41. The fourth-order valence-corrected chi connectivity index (χ4v) is 4.10. The average molecular weight is 397 g/mol. The largest absolute Gasteiger partial charge is 0.410 e. The Morgan fingerprint density at radius 3 is 2.80 bits per heavy atom. The molecule has 130 valence electrons. The van der Waals surface area contributed by atoms with Crippen molar-refractivity contribution in [3.8, 4) is 10.8 Å². The number of aromatic nitrogens is 2. The third-order valence-electron chi connectivity index (χ3n) is 3.25. The Hall–Kier alpha value is -2.10. The molecule has 0 aliphatic rings. The van der Waals surface area contributed by atoms with E-state index in [4.69, 9.17) is 16.0 Å². The van der Waals surface area contributed by atoms with Gasteiger partial charge in [0, 0.05) is 17.1 Å². The van der Waals surface area contributed by atoms with Crippen LogP contribution in [0.3, 0.4) is 0 Å². The minimum atomic E-state index is -0.580. The first-order valence-corrected chi connectivity index (χ1v) is 9.27. The number of amides is 3. The summed E-state index contributed by atoms with van der Waals surface area (Å²) in [7, 11) is 1.43. The van der Waals surface area contributed by atoms with Gasteiger partial charge >= 0.3 is 6.03 Å². The van der Waals surface area contributed by atoms with Crippen molar-refractivity contribution in [2.24, 2.45) is 0 Å². The quantitative estimate of drug-likeness (QED) is 0.654. The van der Waals surface area contributed by atoms with Crippen LogP contribution in [0, 0.1) is 0 Å². The standard InChI is InChI=1S/C15H13ClN4O3S2/c1-7(12(21)18-14(22)17-2)24-15-20-19-13(23-15)11-10(16)8-5-3-4-6-9(8)25-11/h3-7H,1-2H3,(H2,17,18,21,22)/t7-/m1/s1. The number of thiophene rings is 1. The molecule has 3 amide bonds. The molecule has 2 N–H and O–H groups in total. The molecular weight excluding hydrogens is 384 g/mol. The molecule has 7 nitrogen and oxygen atoms in total. The smallest absolute Gasteiger partial charge is 0.321 e. The van der Waals surface area contributed by atoms with Gasteiger partial charge in [-0.15, -0.1) is 21.5 Å². The van der Waals surface area contributed by atoms with Crippen LogP contribution in [0.2, 0.25) is 5.02 Å². The van der Waals surface area contributed by atoms with E-state index in [1.54, 1.807) is 6.92 Å². The van der Waals surface area contributed by atoms with Gasteiger partial charge in [-0.25, -0.2) is 4.79 Å². The summed E-state index contributed by atoms with van der Waals surface area (Å²) in [5, 5.41) is 13.6. The second-order valence-electron chi connectivity index (χ2n) is 4.94. The van der Waals surface area contributed by atoms with Gasteiger partial charge in [0.05, 0.1) is 10.3 Å². The molecule has 2 heterocycles. The normalized spacial score (nSPS) is 12.1. The maximum Gasteiger partial charge on any atom is 0.321 e. The van der Waals surface area contributed by atoms with E-state index in [9.17, 15) is 9.59 Å². The highest BCUT2D eigenvalue weighted by atomic mass is 35.5. The number of benzene rings is 1. The molecule has 2 aromatic heterocycles. The lowest BCUT2D eigenvalue weighted by atomic mass is 10.2. The van der Waals surface area contributed by atoms with Gasteiger partial charge in [0.25, 0.3) is 11.1 Å². The molecule has 25 heavy (non-hydrogen) atoms. The van der Waals surface area contributed by atoms with Gasteiger partial charge in [0.1, 0.15) is 4.88 Å². The number of thioether (sulfide) groups is 1. The number of fused-ring (bicyclic) bond motifs is 1. The zero-order chi connectivity index (χ0) is 18.0. The first-order chi connectivity index (χ1) is 12.0. The molecule has 0 spiro atoms. The summed E-state index contributed by atoms with van der Waals surface area (Å²) in [6.07, 6.45) is 0. The molecule has 0 bridgehead atoms. The first kappa shape index (κ1) is 17.7. The topological polar surface area (TPSA) is 97.1 Å². The Morgan fingerprint density at radius 2 is 2.08 bits per heavy atom. The number of halogens is 1. The van der Waals surface area contributed by atoms with Crippen LogP contribution in [0.15, 0.2) is 33.9 Å². The summed E-state index contributed by atoms with van der Waals surface area (Å²) in [6.45, 7) is 1.64. The number of nitrogens with one attached hydrogen (secondary N) is 2. The van der Waals surface area contributed by atoms with Crippen LogP contribution >= 0.6 is 34.7 Å². The number of carbonyl (C=O) groups excluding carboxylic acids is 2. The molecule has 0 radical (unpaired) electrons. The Kier molecular flexibility index (Phi) is 5.26. The minimum absolute atomic E-state index is 0.225. The second kappa shape index (κ2) is 7.42. The van der Waals surface area contributed by atoms with Gasteiger partial charge < -0.3 is 9.73 Å². The lowest BCUT2D eigenvalue weighted by molar-refractivity contribution is -0.119. The fourth-order valence-electron chi connectivity index (χ4n) is 1.98. The summed E-state index contributed by atoms with van der Waals surface area (Å²) < 4.78 is 6.64. The van der Waals surface area contributed by atoms with Gasteiger partial charge in [-0.3, -0.25) is 10.1 Å². The van der Waals surface area contributed by atoms with Gasteiger partial charge in [-0.2, -0.15) is 0 Å². The van der Waals surface area contributed by atoms with E-state index in [0.717, 1.165) is 21.8 Å². The van der Waals surface area contributed by atoms with Gasteiger partial charge in [0.2, 0.25) is 5.91 Å². The van der Waals surface area contributed by atoms with Crippen LogP contribution in [-0.2, 0) is 4.79 Å². The summed E-state index contributed by atoms with van der Waals surface area (Å²) in [5.74, 6) is -0.156. The molecule has 0 unspecified atom stereocenters. The van der Waals surface area contributed by atoms with Crippen molar-refractivity contribution in [2.75, 3.05) is 7.05 Å². The molecule has 0 saturated heterocycles. The molecule has 1 aromatic carbocycles. The van der Waals surface area contributed by atoms with Crippen LogP contribution in [0.4, 0.5) is 4.79 Å². The number of hydrogen-bond acceptors (Lipinski definition) is 7. The predicted octanol–water partition coefficient (Wildman–Crippen LogP) is 3.54. The van der Waals surface area contributed by atoms with E-state index in [1.807, 2.05) is 24.3 Å². The molecule has 3 aromatic rings. The van der Waals surface area contributed by atoms with Gasteiger partial charge in [-0.05, 0) is 13.0 Å². The lowest BCUT2D eigenvalue weighted by Gasteiger charge is -2.07. The summed E-state index contributed by atoms with van der Waals surface area (Å²) >= 11 is 8.92. The van der Waals surface area contributed by atoms with Crippen molar-refractivity contribution in [3.63, 3.8) is 0 Å². The Morgan fingerprint density at radius 1 is 1.32 bits per heavy atom. The predicted molar refractivity (Wildman–Crippen MR) is 98.0 cm³/mol. The molecule has 1 atom stereocenters. The summed E-state index contributed by atoms with van der Waals surface area (Å²) in [5.41, 5.74) is 0. The minimum Gasteiger partial charge on any atom is -0.410 e. The van der Waals surface area contributed by atoms with Crippen molar-refractivity contribution < 1.29 is 14.0 Å². The third-order valence-corrected chi connectivity index (χ3v) is 5.84. The molecule has 0 fully saturated rings. The maximum absolute atomic E-state index is 11.9. The lowest BCUT2D eigenvalue weighted by Crippen LogP contribution is -2.41. The first-order valence-electron chi connectivity index (χ1n) is 7.19. The number of nitrogens with zero attached hydrogens (tertiary/aromatic N) is 2. The summed E-state index contributed by atoms with van der Waals surface area (Å²) in [4.78, 5) is 23.7. The van der Waals surface area contributed by atoms with Crippen LogP contribution in [0.5, 0.6) is 0 Å². The molecular formula is C15H13ClN4O3S2. The molecule has 0 aliphatic carbocycles. The zero-order valence-electron chi connectivity index (χ0n) is 13.2. The second-order valence-corrected chi connectivity index (χ2v) is 7.67. The Bertz CT molecular complexity index is 940. The van der Waals surface area contributed by atoms with Crippen LogP contribution in [-0.4, -0.2) is 34.4 Å². The van der Waals surface area contributed by atoms with Crippen molar-refractivity contribution >= 4 is 56.7 Å². The van der Waals surface area contributed by atoms with E-state index in [-0.39, 0.29) is 5.22 Å². The highest BCUT2D eigenvalue weighted by Gasteiger charge is 2.22. The molecule has 0 saturated carbocycles. The number of urea groups is 1. The van der Waals surface area contributed by atoms with Crippen LogP contribution in [0.25, 0.3) is 20.9 Å². The number of rotatable bonds is 4. The van der Waals surface area contributed by atoms with Crippen LogP contribution < -0.4 is 10.6 Å². The maximum atomic E-state index is 11.9. The van der Waals surface area contributed by atoms with Gasteiger partial charge in [0.15, 0.2) is 0 Å². The Balaban J connectivity index is 1.77.